The van der Waals surface area contributed by atoms with E-state index in [2.05, 4.69) is 10.3 Å². The van der Waals surface area contributed by atoms with Crippen LogP contribution in [0.15, 0.2) is 58.4 Å². The van der Waals surface area contributed by atoms with E-state index < -0.39 is 0 Å². The molecule has 0 unspecified atom stereocenters. The predicted octanol–water partition coefficient (Wildman–Crippen LogP) is 4.00. The molecule has 1 atom stereocenters. The Labute approximate surface area is 206 Å². The van der Waals surface area contributed by atoms with Crippen LogP contribution in [-0.4, -0.2) is 43.8 Å². The van der Waals surface area contributed by atoms with Gasteiger partial charge in [-0.1, -0.05) is 59.9 Å². The number of hydrogen-bond donors (Lipinski definition) is 1. The Bertz CT molecular complexity index is 1340. The second-order valence-corrected chi connectivity index (χ2v) is 10.1. The molecular formula is C25H24N4O3S2. The number of nitrogens with one attached hydrogen (secondary N) is 1. The van der Waals surface area contributed by atoms with Crippen molar-refractivity contribution in [3.63, 3.8) is 0 Å². The minimum Gasteiger partial charge on any atom is -0.376 e. The number of nitrogens with zero attached hydrogens (tertiary/aromatic N) is 3. The third-order valence-corrected chi connectivity index (χ3v) is 7.28. The van der Waals surface area contributed by atoms with E-state index in [-0.39, 0.29) is 17.6 Å². The molecule has 5 rings (SSSR count). The number of rotatable bonds is 6. The smallest absolute Gasteiger partial charge is 0.267 e. The van der Waals surface area contributed by atoms with Gasteiger partial charge in [-0.3, -0.25) is 18.9 Å². The largest absolute Gasteiger partial charge is 0.376 e. The molecule has 2 saturated heterocycles. The van der Waals surface area contributed by atoms with E-state index in [1.807, 2.05) is 37.3 Å². The van der Waals surface area contributed by atoms with Crippen LogP contribution in [0.4, 0.5) is 5.82 Å². The molecule has 2 aliphatic heterocycles. The van der Waals surface area contributed by atoms with E-state index in [9.17, 15) is 9.59 Å². The third-order valence-electron chi connectivity index (χ3n) is 5.90. The van der Waals surface area contributed by atoms with Gasteiger partial charge < -0.3 is 10.1 Å². The molecule has 0 aliphatic carbocycles. The van der Waals surface area contributed by atoms with Crippen LogP contribution < -0.4 is 10.9 Å². The number of thiocarbonyl (C=S) groups is 1. The number of anilines is 1. The molecule has 174 valence electrons. The predicted molar refractivity (Wildman–Crippen MR) is 139 cm³/mol. The first-order valence-corrected chi connectivity index (χ1v) is 12.4. The monoisotopic (exact) mass is 492 g/mol. The lowest BCUT2D eigenvalue weighted by atomic mass is 10.1. The maximum Gasteiger partial charge on any atom is 0.267 e. The van der Waals surface area contributed by atoms with Gasteiger partial charge in [0.15, 0.2) is 0 Å². The zero-order valence-electron chi connectivity index (χ0n) is 18.7. The van der Waals surface area contributed by atoms with Crippen molar-refractivity contribution >= 4 is 51.7 Å². The zero-order chi connectivity index (χ0) is 23.7. The summed E-state index contributed by atoms with van der Waals surface area (Å²) in [7, 11) is 0. The van der Waals surface area contributed by atoms with Crippen molar-refractivity contribution in [3.8, 4) is 0 Å². The minimum absolute atomic E-state index is 0.0802. The van der Waals surface area contributed by atoms with E-state index in [1.54, 1.807) is 29.3 Å². The summed E-state index contributed by atoms with van der Waals surface area (Å²) in [6, 6.07) is 13.4. The molecule has 1 amide bonds. The molecule has 7 nitrogen and oxygen atoms in total. The van der Waals surface area contributed by atoms with Gasteiger partial charge in [-0.05, 0) is 43.5 Å². The molecule has 1 N–H and O–H groups in total. The first kappa shape index (κ1) is 22.8. The quantitative estimate of drug-likeness (QED) is 0.412. The Morgan fingerprint density at radius 2 is 2.06 bits per heavy atom. The number of thioether (sulfide) groups is 1. The van der Waals surface area contributed by atoms with E-state index in [0.717, 1.165) is 30.6 Å². The van der Waals surface area contributed by atoms with Crippen molar-refractivity contribution in [3.05, 3.63) is 80.6 Å². The average molecular weight is 493 g/mol. The highest BCUT2D eigenvalue weighted by Gasteiger charge is 2.32. The number of aromatic nitrogens is 2. The van der Waals surface area contributed by atoms with Gasteiger partial charge in [-0.15, -0.1) is 0 Å². The fourth-order valence-electron chi connectivity index (χ4n) is 4.03. The Kier molecular flexibility index (Phi) is 6.49. The van der Waals surface area contributed by atoms with Crippen LogP contribution in [0.25, 0.3) is 11.7 Å². The molecule has 0 saturated carbocycles. The molecule has 4 heterocycles. The van der Waals surface area contributed by atoms with Crippen LogP contribution in [0.1, 0.15) is 29.5 Å². The molecule has 34 heavy (non-hydrogen) atoms. The van der Waals surface area contributed by atoms with Crippen LogP contribution in [0, 0.1) is 6.92 Å². The highest BCUT2D eigenvalue weighted by molar-refractivity contribution is 8.26. The Morgan fingerprint density at radius 3 is 2.82 bits per heavy atom. The fraction of sp³-hybridized carbons (Fsp3) is 0.280. The van der Waals surface area contributed by atoms with Crippen LogP contribution >= 0.6 is 24.0 Å². The highest BCUT2D eigenvalue weighted by atomic mass is 32.2. The number of pyridine rings is 1. The van der Waals surface area contributed by atoms with Gasteiger partial charge in [0.1, 0.15) is 15.8 Å². The van der Waals surface area contributed by atoms with E-state index >= 15 is 0 Å². The SMILES string of the molecule is Cc1ccc(CN2C(=O)/C(=C/c3c(NC[C@H]4CCCO4)nc4ccccn4c3=O)SC2=S)cc1. The molecule has 0 spiro atoms. The van der Waals surface area contributed by atoms with Crippen LogP contribution in [0.5, 0.6) is 0 Å². The minimum atomic E-state index is -0.246. The number of ether oxygens (including phenoxy) is 1. The Hall–Kier alpha value is -3.01. The van der Waals surface area contributed by atoms with E-state index in [0.29, 0.717) is 39.3 Å². The van der Waals surface area contributed by atoms with Crippen molar-refractivity contribution in [1.82, 2.24) is 14.3 Å². The summed E-state index contributed by atoms with van der Waals surface area (Å²) in [4.78, 5) is 33.2. The van der Waals surface area contributed by atoms with Crippen molar-refractivity contribution < 1.29 is 9.53 Å². The second-order valence-electron chi connectivity index (χ2n) is 8.38. The first-order valence-electron chi connectivity index (χ1n) is 11.2. The number of benzene rings is 1. The molecule has 3 aromatic rings. The molecule has 1 aromatic carbocycles. The normalized spacial score (nSPS) is 19.5. The van der Waals surface area contributed by atoms with Crippen LogP contribution in [0.3, 0.4) is 0 Å². The molecule has 2 aromatic heterocycles. The summed E-state index contributed by atoms with van der Waals surface area (Å²) in [6.45, 7) is 3.70. The average Bonchev–Trinajstić information content (AvgIpc) is 3.45. The molecule has 0 bridgehead atoms. The summed E-state index contributed by atoms with van der Waals surface area (Å²) in [5.74, 6) is 0.230. The van der Waals surface area contributed by atoms with E-state index in [4.69, 9.17) is 17.0 Å². The summed E-state index contributed by atoms with van der Waals surface area (Å²) in [5.41, 5.74) is 2.77. The number of hydrogen-bond acceptors (Lipinski definition) is 7. The Morgan fingerprint density at radius 1 is 1.24 bits per heavy atom. The van der Waals surface area contributed by atoms with Crippen LogP contribution in [-0.2, 0) is 16.1 Å². The Balaban J connectivity index is 1.48. The van der Waals surface area contributed by atoms with Gasteiger partial charge >= 0.3 is 0 Å². The second kappa shape index (κ2) is 9.69. The van der Waals surface area contributed by atoms with Gasteiger partial charge in [0.05, 0.1) is 23.1 Å². The highest BCUT2D eigenvalue weighted by Crippen LogP contribution is 2.34. The number of carbonyl (C=O) groups is 1. The molecule has 2 aliphatic rings. The molecular weight excluding hydrogens is 468 g/mol. The number of fused-ring (bicyclic) bond motifs is 1. The van der Waals surface area contributed by atoms with Gasteiger partial charge in [0.2, 0.25) is 0 Å². The lowest BCUT2D eigenvalue weighted by Gasteiger charge is -2.15. The first-order chi connectivity index (χ1) is 16.5. The van der Waals surface area contributed by atoms with Crippen LogP contribution in [0.2, 0.25) is 0 Å². The number of carbonyl (C=O) groups excluding carboxylic acids is 1. The van der Waals surface area contributed by atoms with Gasteiger partial charge in [0, 0.05) is 19.3 Å². The third kappa shape index (κ3) is 4.64. The lowest BCUT2D eigenvalue weighted by Crippen LogP contribution is -2.27. The summed E-state index contributed by atoms with van der Waals surface area (Å²) >= 11 is 6.70. The summed E-state index contributed by atoms with van der Waals surface area (Å²) < 4.78 is 7.66. The van der Waals surface area contributed by atoms with E-state index in [1.165, 1.54) is 16.2 Å². The topological polar surface area (TPSA) is 75.9 Å². The molecule has 9 heteroatoms. The van der Waals surface area contributed by atoms with Crippen molar-refractivity contribution in [1.29, 1.82) is 0 Å². The van der Waals surface area contributed by atoms with Crippen molar-refractivity contribution in [2.45, 2.75) is 32.4 Å². The van der Waals surface area contributed by atoms with Crippen molar-refractivity contribution in [2.24, 2.45) is 0 Å². The fourth-order valence-corrected chi connectivity index (χ4v) is 5.26. The zero-order valence-corrected chi connectivity index (χ0v) is 20.3. The van der Waals surface area contributed by atoms with Gasteiger partial charge in [-0.2, -0.15) is 0 Å². The van der Waals surface area contributed by atoms with Crippen molar-refractivity contribution in [2.75, 3.05) is 18.5 Å². The maximum absolute atomic E-state index is 13.4. The standard InChI is InChI=1S/C25H24N4O3S2/c1-16-7-9-17(10-8-16)15-29-24(31)20(34-25(29)33)13-19-22(26-14-18-5-4-12-32-18)27-21-6-2-3-11-28(21)23(19)30/h2-3,6-11,13,18,26H,4-5,12,14-15H2,1H3/b20-13-/t18-/m1/s1. The maximum atomic E-state index is 13.4. The number of aryl methyl sites for hydroxylation is 1. The molecule has 0 radical (unpaired) electrons. The van der Waals surface area contributed by atoms with Gasteiger partial charge in [-0.25, -0.2) is 4.98 Å². The summed E-state index contributed by atoms with van der Waals surface area (Å²) in [6.07, 6.45) is 5.36. The lowest BCUT2D eigenvalue weighted by molar-refractivity contribution is -0.122. The number of amides is 1. The molecule has 2 fully saturated rings. The summed E-state index contributed by atoms with van der Waals surface area (Å²) in [5, 5.41) is 3.28. The van der Waals surface area contributed by atoms with Gasteiger partial charge in [0.25, 0.3) is 11.5 Å².